The Bertz CT molecular complexity index is 1180. The molecule has 1 aliphatic rings. The molecule has 0 bridgehead atoms. The van der Waals surface area contributed by atoms with Crippen LogP contribution in [0.25, 0.3) is 0 Å². The van der Waals surface area contributed by atoms with Gasteiger partial charge in [0.15, 0.2) is 0 Å². The maximum Gasteiger partial charge on any atom is 0.416 e. The molecule has 0 N–H and O–H groups in total. The van der Waals surface area contributed by atoms with E-state index in [0.717, 1.165) is 11.1 Å². The Morgan fingerprint density at radius 3 is 2.26 bits per heavy atom. The fourth-order valence-corrected chi connectivity index (χ4v) is 5.44. The third-order valence-corrected chi connectivity index (χ3v) is 7.53. The number of hydrogen-bond acceptors (Lipinski definition) is 3. The van der Waals surface area contributed by atoms with E-state index in [1.54, 1.807) is 16.2 Å². The topological polar surface area (TPSA) is 29.5 Å². The number of carbonyl (C=O) groups is 1. The standard InChI is InChI=1S/C28H27F6NO2S/c1-18(21-13-22(27(29,30)31)15-23(14-21)28(32,33)34)37-25-9-11-35(16-24(25)20-5-3-2-4-6-20)26(36)8-7-19-10-12-38-17-19/h2-6,10,12-15,17-18,24-25H,7-9,11,16H2,1H3/t18-,24+,25+/m1/s1. The van der Waals surface area contributed by atoms with Crippen LogP contribution in [-0.4, -0.2) is 30.0 Å². The van der Waals surface area contributed by atoms with E-state index in [4.69, 9.17) is 4.74 Å². The lowest BCUT2D eigenvalue weighted by atomic mass is 9.87. The molecule has 0 unspecified atom stereocenters. The number of likely N-dealkylation sites (tertiary alicyclic amines) is 1. The second-order valence-corrected chi connectivity index (χ2v) is 10.2. The van der Waals surface area contributed by atoms with Gasteiger partial charge in [-0.3, -0.25) is 4.79 Å². The van der Waals surface area contributed by atoms with Crippen LogP contribution >= 0.6 is 11.3 Å². The number of ether oxygens (including phenoxy) is 1. The number of thiophene rings is 1. The lowest BCUT2D eigenvalue weighted by Crippen LogP contribution is -2.46. The average Bonchev–Trinajstić information content (AvgIpc) is 3.40. The Morgan fingerprint density at radius 1 is 1.03 bits per heavy atom. The highest BCUT2D eigenvalue weighted by molar-refractivity contribution is 7.07. The number of rotatable bonds is 7. The minimum Gasteiger partial charge on any atom is -0.370 e. The minimum absolute atomic E-state index is 0.00340. The van der Waals surface area contributed by atoms with Crippen LogP contribution in [0.15, 0.2) is 65.4 Å². The molecule has 1 amide bonds. The zero-order valence-electron chi connectivity index (χ0n) is 20.6. The van der Waals surface area contributed by atoms with Gasteiger partial charge in [0.1, 0.15) is 0 Å². The molecule has 2 heterocycles. The fraction of sp³-hybridized carbons (Fsp3) is 0.393. The van der Waals surface area contributed by atoms with Crippen molar-refractivity contribution in [1.29, 1.82) is 0 Å². The van der Waals surface area contributed by atoms with Crippen LogP contribution in [0.4, 0.5) is 26.3 Å². The Hall–Kier alpha value is -2.85. The van der Waals surface area contributed by atoms with Gasteiger partial charge in [-0.05, 0) is 71.5 Å². The van der Waals surface area contributed by atoms with Crippen molar-refractivity contribution in [2.24, 2.45) is 0 Å². The predicted octanol–water partition coefficient (Wildman–Crippen LogP) is 7.88. The molecular weight excluding hydrogens is 528 g/mol. The summed E-state index contributed by atoms with van der Waals surface area (Å²) < 4.78 is 86.4. The first-order chi connectivity index (χ1) is 17.9. The van der Waals surface area contributed by atoms with Gasteiger partial charge >= 0.3 is 12.4 Å². The summed E-state index contributed by atoms with van der Waals surface area (Å²) >= 11 is 1.57. The van der Waals surface area contributed by atoms with Crippen LogP contribution in [0.1, 0.15) is 59.6 Å². The molecule has 3 atom stereocenters. The first-order valence-electron chi connectivity index (χ1n) is 12.2. The number of alkyl halides is 6. The number of aryl methyl sites for hydroxylation is 1. The van der Waals surface area contributed by atoms with E-state index in [9.17, 15) is 31.1 Å². The molecule has 3 aromatic rings. The van der Waals surface area contributed by atoms with E-state index in [-0.39, 0.29) is 23.5 Å². The third kappa shape index (κ3) is 6.96. The normalized spacial score (nSPS) is 19.4. The summed E-state index contributed by atoms with van der Waals surface area (Å²) in [6.07, 6.45) is -10.0. The number of hydrogen-bond donors (Lipinski definition) is 0. The van der Waals surface area contributed by atoms with Crippen LogP contribution in [0.3, 0.4) is 0 Å². The van der Waals surface area contributed by atoms with Crippen molar-refractivity contribution in [2.75, 3.05) is 13.1 Å². The molecular formula is C28H27F6NO2S. The monoisotopic (exact) mass is 555 g/mol. The molecule has 2 aromatic carbocycles. The van der Waals surface area contributed by atoms with Crippen LogP contribution in [0.5, 0.6) is 0 Å². The molecule has 0 spiro atoms. The van der Waals surface area contributed by atoms with E-state index in [1.165, 1.54) is 6.92 Å². The van der Waals surface area contributed by atoms with Gasteiger partial charge in [0.25, 0.3) is 0 Å². The van der Waals surface area contributed by atoms with Crippen molar-refractivity contribution in [3.05, 3.63) is 93.2 Å². The van der Waals surface area contributed by atoms with Gasteiger partial charge in [0.05, 0.1) is 23.3 Å². The lowest BCUT2D eigenvalue weighted by Gasteiger charge is -2.40. The summed E-state index contributed by atoms with van der Waals surface area (Å²) in [5.41, 5.74) is -0.963. The molecule has 1 saturated heterocycles. The molecule has 204 valence electrons. The summed E-state index contributed by atoms with van der Waals surface area (Å²) in [5.74, 6) is -0.290. The van der Waals surface area contributed by atoms with Gasteiger partial charge in [-0.1, -0.05) is 30.3 Å². The quantitative estimate of drug-likeness (QED) is 0.278. The Kier molecular flexibility index (Phi) is 8.52. The summed E-state index contributed by atoms with van der Waals surface area (Å²) in [6.45, 7) is 2.19. The van der Waals surface area contributed by atoms with Crippen LogP contribution < -0.4 is 0 Å². The van der Waals surface area contributed by atoms with Crippen LogP contribution in [0.2, 0.25) is 0 Å². The number of amides is 1. The number of benzene rings is 2. The first-order valence-corrected chi connectivity index (χ1v) is 13.1. The minimum atomic E-state index is -4.93. The number of piperidine rings is 1. The SMILES string of the molecule is C[C@@H](O[C@H]1CCN(C(=O)CCc2ccsc2)C[C@H]1c1ccccc1)c1cc(C(F)(F)F)cc(C(F)(F)F)c1. The molecule has 0 radical (unpaired) electrons. The second-order valence-electron chi connectivity index (χ2n) is 9.43. The highest BCUT2D eigenvalue weighted by Gasteiger charge is 2.38. The second kappa shape index (κ2) is 11.5. The molecule has 1 aromatic heterocycles. The van der Waals surface area contributed by atoms with Crippen molar-refractivity contribution in [2.45, 2.75) is 56.7 Å². The molecule has 10 heteroatoms. The molecule has 38 heavy (non-hydrogen) atoms. The smallest absolute Gasteiger partial charge is 0.370 e. The van der Waals surface area contributed by atoms with Gasteiger partial charge in [0, 0.05) is 25.4 Å². The number of nitrogens with zero attached hydrogens (tertiary/aromatic N) is 1. The van der Waals surface area contributed by atoms with E-state index in [1.807, 2.05) is 47.2 Å². The molecule has 1 fully saturated rings. The number of halogens is 6. The van der Waals surface area contributed by atoms with Crippen molar-refractivity contribution in [1.82, 2.24) is 4.90 Å². The van der Waals surface area contributed by atoms with Gasteiger partial charge in [-0.15, -0.1) is 0 Å². The van der Waals surface area contributed by atoms with Crippen LogP contribution in [0, 0.1) is 0 Å². The highest BCUT2D eigenvalue weighted by atomic mass is 32.1. The summed E-state index contributed by atoms with van der Waals surface area (Å²) in [7, 11) is 0. The van der Waals surface area contributed by atoms with E-state index < -0.39 is 35.7 Å². The first kappa shape index (κ1) is 28.2. The molecule has 0 saturated carbocycles. The molecule has 4 rings (SSSR count). The van der Waals surface area contributed by atoms with Gasteiger partial charge in [0.2, 0.25) is 5.91 Å². The maximum atomic E-state index is 13.4. The van der Waals surface area contributed by atoms with Crippen LogP contribution in [-0.2, 0) is 28.3 Å². The summed E-state index contributed by atoms with van der Waals surface area (Å²) in [5, 5.41) is 3.96. The lowest BCUT2D eigenvalue weighted by molar-refractivity contribution is -0.143. The van der Waals surface area contributed by atoms with Crippen molar-refractivity contribution < 1.29 is 35.9 Å². The van der Waals surface area contributed by atoms with Gasteiger partial charge < -0.3 is 9.64 Å². The Balaban J connectivity index is 1.54. The zero-order chi connectivity index (χ0) is 27.5. The Labute approximate surface area is 221 Å². The van der Waals surface area contributed by atoms with Crippen molar-refractivity contribution in [3.63, 3.8) is 0 Å². The Morgan fingerprint density at radius 2 is 1.68 bits per heavy atom. The predicted molar refractivity (Wildman–Crippen MR) is 133 cm³/mol. The molecule has 0 aliphatic carbocycles. The summed E-state index contributed by atoms with van der Waals surface area (Å²) in [6, 6.07) is 12.8. The van der Waals surface area contributed by atoms with Crippen molar-refractivity contribution in [3.8, 4) is 0 Å². The highest BCUT2D eigenvalue weighted by Crippen LogP contribution is 2.39. The number of carbonyl (C=O) groups excluding carboxylic acids is 1. The zero-order valence-corrected chi connectivity index (χ0v) is 21.4. The fourth-order valence-electron chi connectivity index (χ4n) is 4.74. The molecule has 1 aliphatic heterocycles. The molecule has 3 nitrogen and oxygen atoms in total. The van der Waals surface area contributed by atoms with E-state index in [0.29, 0.717) is 44.5 Å². The largest absolute Gasteiger partial charge is 0.416 e. The average molecular weight is 556 g/mol. The van der Waals surface area contributed by atoms with Gasteiger partial charge in [-0.2, -0.15) is 37.7 Å². The maximum absolute atomic E-state index is 13.4. The third-order valence-electron chi connectivity index (χ3n) is 6.80. The van der Waals surface area contributed by atoms with E-state index in [2.05, 4.69) is 0 Å². The summed E-state index contributed by atoms with van der Waals surface area (Å²) in [4.78, 5) is 14.7. The van der Waals surface area contributed by atoms with Crippen molar-refractivity contribution >= 4 is 17.2 Å². The van der Waals surface area contributed by atoms with Gasteiger partial charge in [-0.25, -0.2) is 0 Å². The van der Waals surface area contributed by atoms with E-state index >= 15 is 0 Å².